The first-order valence-corrected chi connectivity index (χ1v) is 7.73. The first-order valence-electron chi connectivity index (χ1n) is 7.73. The number of halogens is 1. The van der Waals surface area contributed by atoms with Crippen molar-refractivity contribution in [3.8, 4) is 0 Å². The van der Waals surface area contributed by atoms with Crippen molar-refractivity contribution in [3.05, 3.63) is 35.1 Å². The Bertz CT molecular complexity index is 479. The fourth-order valence-electron chi connectivity index (χ4n) is 3.08. The summed E-state index contributed by atoms with van der Waals surface area (Å²) in [5.74, 6) is -1.18. The predicted octanol–water partition coefficient (Wildman–Crippen LogP) is 4.05. The van der Waals surface area contributed by atoms with E-state index in [9.17, 15) is 9.18 Å². The molecule has 1 aromatic carbocycles. The number of rotatable bonds is 6. The Morgan fingerprint density at radius 1 is 1.33 bits per heavy atom. The summed E-state index contributed by atoms with van der Waals surface area (Å²) in [7, 11) is 0. The lowest BCUT2D eigenvalue weighted by atomic mass is 9.83. The molecule has 2 rings (SSSR count). The second-order valence-electron chi connectivity index (χ2n) is 5.76. The van der Waals surface area contributed by atoms with Gasteiger partial charge in [-0.2, -0.15) is 0 Å². The van der Waals surface area contributed by atoms with Gasteiger partial charge in [0.05, 0.1) is 11.7 Å². The zero-order valence-electron chi connectivity index (χ0n) is 12.5. The summed E-state index contributed by atoms with van der Waals surface area (Å²) < 4.78 is 19.2. The molecule has 21 heavy (non-hydrogen) atoms. The van der Waals surface area contributed by atoms with Gasteiger partial charge >= 0.3 is 5.97 Å². The van der Waals surface area contributed by atoms with Gasteiger partial charge in [0.2, 0.25) is 0 Å². The number of carboxylic acids is 1. The Labute approximate surface area is 125 Å². The maximum Gasteiger partial charge on any atom is 0.338 e. The number of aryl methyl sites for hydroxylation is 1. The quantitative estimate of drug-likeness (QED) is 0.861. The van der Waals surface area contributed by atoms with Crippen LogP contribution in [-0.2, 0) is 11.2 Å². The van der Waals surface area contributed by atoms with E-state index >= 15 is 0 Å². The average molecular weight is 294 g/mol. The highest BCUT2D eigenvalue weighted by molar-refractivity contribution is 5.87. The highest BCUT2D eigenvalue weighted by Gasteiger charge is 2.21. The van der Waals surface area contributed by atoms with E-state index in [0.717, 1.165) is 37.9 Å². The number of ether oxygens (including phenoxy) is 1. The highest BCUT2D eigenvalue weighted by Crippen LogP contribution is 2.29. The molecule has 3 nitrogen and oxygen atoms in total. The normalized spacial score (nSPS) is 22.2. The summed E-state index contributed by atoms with van der Waals surface area (Å²) in [5, 5.41) is 8.81. The van der Waals surface area contributed by atoms with E-state index in [4.69, 9.17) is 9.84 Å². The number of carbonyl (C=O) groups is 1. The highest BCUT2D eigenvalue weighted by atomic mass is 19.1. The molecule has 0 amide bonds. The van der Waals surface area contributed by atoms with Crippen molar-refractivity contribution >= 4 is 5.97 Å². The molecule has 1 N–H and O–H groups in total. The molecule has 0 spiro atoms. The zero-order chi connectivity index (χ0) is 15.2. The topological polar surface area (TPSA) is 46.5 Å². The monoisotopic (exact) mass is 294 g/mol. The minimum atomic E-state index is -1.21. The molecule has 1 aromatic rings. The van der Waals surface area contributed by atoms with Gasteiger partial charge in [-0.05, 0) is 69.1 Å². The molecule has 0 aliphatic heterocycles. The van der Waals surface area contributed by atoms with Crippen LogP contribution in [0.3, 0.4) is 0 Å². The third kappa shape index (κ3) is 4.53. The van der Waals surface area contributed by atoms with Crippen LogP contribution >= 0.6 is 0 Å². The van der Waals surface area contributed by atoms with Gasteiger partial charge in [-0.25, -0.2) is 9.18 Å². The Balaban J connectivity index is 1.81. The molecular weight excluding hydrogens is 271 g/mol. The third-order valence-electron chi connectivity index (χ3n) is 4.30. The second kappa shape index (κ2) is 7.55. The van der Waals surface area contributed by atoms with E-state index in [1.54, 1.807) is 6.07 Å². The van der Waals surface area contributed by atoms with Crippen molar-refractivity contribution < 1.29 is 19.0 Å². The van der Waals surface area contributed by atoms with Crippen LogP contribution in [0.2, 0.25) is 0 Å². The van der Waals surface area contributed by atoms with Crippen molar-refractivity contribution in [3.63, 3.8) is 0 Å². The number of benzene rings is 1. The lowest BCUT2D eigenvalue weighted by Gasteiger charge is -2.28. The van der Waals surface area contributed by atoms with E-state index in [1.807, 2.05) is 6.92 Å². The van der Waals surface area contributed by atoms with Crippen LogP contribution < -0.4 is 0 Å². The smallest absolute Gasteiger partial charge is 0.338 e. The van der Waals surface area contributed by atoms with Gasteiger partial charge in [0, 0.05) is 6.61 Å². The van der Waals surface area contributed by atoms with Gasteiger partial charge in [-0.3, -0.25) is 0 Å². The molecule has 0 heterocycles. The minimum Gasteiger partial charge on any atom is -0.478 e. The van der Waals surface area contributed by atoms with Crippen LogP contribution in [-0.4, -0.2) is 23.8 Å². The second-order valence-corrected chi connectivity index (χ2v) is 5.76. The summed E-state index contributed by atoms with van der Waals surface area (Å²) >= 11 is 0. The number of hydrogen-bond acceptors (Lipinski definition) is 2. The first kappa shape index (κ1) is 16.0. The van der Waals surface area contributed by atoms with Crippen molar-refractivity contribution in [2.24, 2.45) is 5.92 Å². The molecule has 0 saturated heterocycles. The van der Waals surface area contributed by atoms with Crippen molar-refractivity contribution in [1.29, 1.82) is 0 Å². The predicted molar refractivity (Wildman–Crippen MR) is 79.1 cm³/mol. The van der Waals surface area contributed by atoms with Gasteiger partial charge < -0.3 is 9.84 Å². The third-order valence-corrected chi connectivity index (χ3v) is 4.30. The van der Waals surface area contributed by atoms with E-state index in [0.29, 0.717) is 12.0 Å². The molecule has 1 aliphatic carbocycles. The number of aromatic carboxylic acids is 1. The maximum absolute atomic E-state index is 13.6. The summed E-state index contributed by atoms with van der Waals surface area (Å²) in [6.07, 6.45) is 6.82. The average Bonchev–Trinajstić information content (AvgIpc) is 2.46. The van der Waals surface area contributed by atoms with Crippen LogP contribution in [0.5, 0.6) is 0 Å². The molecule has 116 valence electrons. The molecule has 0 unspecified atom stereocenters. The van der Waals surface area contributed by atoms with Crippen molar-refractivity contribution in [1.82, 2.24) is 0 Å². The molecule has 4 heteroatoms. The largest absolute Gasteiger partial charge is 0.478 e. The maximum atomic E-state index is 13.6. The Kier molecular flexibility index (Phi) is 5.74. The van der Waals surface area contributed by atoms with E-state index in [2.05, 4.69) is 0 Å². The van der Waals surface area contributed by atoms with Crippen molar-refractivity contribution in [2.75, 3.05) is 6.61 Å². The Hall–Kier alpha value is -1.42. The standard InChI is InChI=1S/C17H23FO3/c1-2-21-14-8-5-12(6-9-14)3-4-13-7-10-15(17(19)20)16(18)11-13/h7,10-12,14H,2-6,8-9H2,1H3,(H,19,20). The van der Waals surface area contributed by atoms with Gasteiger partial charge in [0.25, 0.3) is 0 Å². The van der Waals surface area contributed by atoms with E-state index < -0.39 is 11.8 Å². The molecule has 0 bridgehead atoms. The van der Waals surface area contributed by atoms with Crippen LogP contribution in [0.1, 0.15) is 54.9 Å². The number of carboxylic acid groups (broad SMARTS) is 1. The van der Waals surface area contributed by atoms with Crippen LogP contribution in [0, 0.1) is 11.7 Å². The SMILES string of the molecule is CCOC1CCC(CCc2ccc(C(=O)O)c(F)c2)CC1. The summed E-state index contributed by atoms with van der Waals surface area (Å²) in [6, 6.07) is 4.44. The van der Waals surface area contributed by atoms with Crippen molar-refractivity contribution in [2.45, 2.75) is 51.6 Å². The zero-order valence-corrected chi connectivity index (χ0v) is 12.5. The molecule has 0 radical (unpaired) electrons. The Morgan fingerprint density at radius 2 is 2.05 bits per heavy atom. The van der Waals surface area contributed by atoms with Gasteiger partial charge in [-0.15, -0.1) is 0 Å². The molecule has 1 fully saturated rings. The lowest BCUT2D eigenvalue weighted by molar-refractivity contribution is 0.0248. The Morgan fingerprint density at radius 3 is 2.62 bits per heavy atom. The fourth-order valence-corrected chi connectivity index (χ4v) is 3.08. The van der Waals surface area contributed by atoms with E-state index in [-0.39, 0.29) is 5.56 Å². The fraction of sp³-hybridized carbons (Fsp3) is 0.588. The summed E-state index contributed by atoms with van der Waals surface area (Å²) in [6.45, 7) is 2.81. The summed E-state index contributed by atoms with van der Waals surface area (Å²) in [4.78, 5) is 10.8. The molecule has 1 aliphatic rings. The van der Waals surface area contributed by atoms with Crippen LogP contribution in [0.4, 0.5) is 4.39 Å². The van der Waals surface area contributed by atoms with Crippen LogP contribution in [0.15, 0.2) is 18.2 Å². The number of hydrogen-bond donors (Lipinski definition) is 1. The molecule has 0 atom stereocenters. The molecular formula is C17H23FO3. The first-order chi connectivity index (χ1) is 10.1. The van der Waals surface area contributed by atoms with Gasteiger partial charge in [0.15, 0.2) is 0 Å². The van der Waals surface area contributed by atoms with Crippen LogP contribution in [0.25, 0.3) is 0 Å². The minimum absolute atomic E-state index is 0.254. The molecule has 0 aromatic heterocycles. The van der Waals surface area contributed by atoms with E-state index in [1.165, 1.54) is 25.0 Å². The lowest BCUT2D eigenvalue weighted by Crippen LogP contribution is -2.21. The summed E-state index contributed by atoms with van der Waals surface area (Å²) in [5.41, 5.74) is 0.625. The molecule has 1 saturated carbocycles. The van der Waals surface area contributed by atoms with Gasteiger partial charge in [-0.1, -0.05) is 6.07 Å². The van der Waals surface area contributed by atoms with Gasteiger partial charge in [0.1, 0.15) is 5.82 Å².